The lowest BCUT2D eigenvalue weighted by Crippen LogP contribution is -2.05. The second-order valence-corrected chi connectivity index (χ2v) is 6.29. The van der Waals surface area contributed by atoms with Crippen molar-refractivity contribution >= 4 is 17.6 Å². The van der Waals surface area contributed by atoms with Crippen molar-refractivity contribution in [3.05, 3.63) is 17.6 Å². The zero-order chi connectivity index (χ0) is 12.3. The molecule has 0 aromatic carbocycles. The molecular weight excluding hydrogens is 230 g/mol. The first-order chi connectivity index (χ1) is 8.15. The molecule has 2 rings (SSSR count). The highest BCUT2D eigenvalue weighted by atomic mass is 32.2. The molecule has 4 heteroatoms. The SMILES string of the molecule is CC(C)c1cc(N)nc(CSC2CCCC2)n1. The summed E-state index contributed by atoms with van der Waals surface area (Å²) in [5, 5.41) is 0.808. The topological polar surface area (TPSA) is 51.8 Å². The molecule has 94 valence electrons. The van der Waals surface area contributed by atoms with Gasteiger partial charge in [-0.25, -0.2) is 9.97 Å². The number of nitrogens with zero attached hydrogens (tertiary/aromatic N) is 2. The maximum absolute atomic E-state index is 5.82. The predicted octanol–water partition coefficient (Wildman–Crippen LogP) is 3.36. The predicted molar refractivity (Wildman–Crippen MR) is 74.1 cm³/mol. The van der Waals surface area contributed by atoms with E-state index in [4.69, 9.17) is 5.73 Å². The van der Waals surface area contributed by atoms with Gasteiger partial charge in [-0.1, -0.05) is 26.7 Å². The fourth-order valence-electron chi connectivity index (χ4n) is 2.15. The van der Waals surface area contributed by atoms with Gasteiger partial charge in [-0.2, -0.15) is 11.8 Å². The average molecular weight is 251 g/mol. The van der Waals surface area contributed by atoms with Gasteiger partial charge in [-0.05, 0) is 18.8 Å². The molecule has 0 bridgehead atoms. The Bertz CT molecular complexity index is 373. The lowest BCUT2D eigenvalue weighted by molar-refractivity contribution is 0.800. The van der Waals surface area contributed by atoms with Crippen LogP contribution >= 0.6 is 11.8 Å². The maximum atomic E-state index is 5.82. The Morgan fingerprint density at radius 3 is 2.71 bits per heavy atom. The summed E-state index contributed by atoms with van der Waals surface area (Å²) in [5.41, 5.74) is 6.88. The normalized spacial score (nSPS) is 16.9. The molecule has 0 atom stereocenters. The smallest absolute Gasteiger partial charge is 0.140 e. The van der Waals surface area contributed by atoms with Gasteiger partial charge < -0.3 is 5.73 Å². The molecule has 1 aliphatic rings. The average Bonchev–Trinajstić information content (AvgIpc) is 2.78. The Kier molecular flexibility index (Phi) is 4.26. The van der Waals surface area contributed by atoms with E-state index >= 15 is 0 Å². The minimum absolute atomic E-state index is 0.413. The number of nitrogen functional groups attached to an aromatic ring is 1. The van der Waals surface area contributed by atoms with Crippen molar-refractivity contribution < 1.29 is 0 Å². The van der Waals surface area contributed by atoms with Crippen LogP contribution in [0.25, 0.3) is 0 Å². The summed E-state index contributed by atoms with van der Waals surface area (Å²) in [6, 6.07) is 1.88. The first-order valence-corrected chi connectivity index (χ1v) is 7.45. The van der Waals surface area contributed by atoms with Crippen LogP contribution in [-0.2, 0) is 5.75 Å². The van der Waals surface area contributed by atoms with E-state index in [1.807, 2.05) is 17.8 Å². The fourth-order valence-corrected chi connectivity index (χ4v) is 3.33. The summed E-state index contributed by atoms with van der Waals surface area (Å²) in [5.74, 6) is 2.81. The molecule has 1 aromatic heterocycles. The van der Waals surface area contributed by atoms with E-state index in [1.54, 1.807) is 0 Å². The van der Waals surface area contributed by atoms with Crippen LogP contribution in [0.2, 0.25) is 0 Å². The largest absolute Gasteiger partial charge is 0.384 e. The molecule has 17 heavy (non-hydrogen) atoms. The quantitative estimate of drug-likeness (QED) is 0.891. The number of rotatable bonds is 4. The lowest BCUT2D eigenvalue weighted by atomic mass is 10.1. The standard InChI is InChI=1S/C13H21N3S/c1-9(2)11-7-12(14)16-13(15-11)8-17-10-5-3-4-6-10/h7,9-10H,3-6,8H2,1-2H3,(H2,14,15,16). The zero-order valence-corrected chi connectivity index (χ0v) is 11.5. The van der Waals surface area contributed by atoms with Crippen LogP contribution in [0.3, 0.4) is 0 Å². The van der Waals surface area contributed by atoms with Crippen LogP contribution in [0.1, 0.15) is 57.0 Å². The summed E-state index contributed by atoms with van der Waals surface area (Å²) in [4.78, 5) is 8.91. The third-order valence-corrected chi connectivity index (χ3v) is 4.52. The van der Waals surface area contributed by atoms with Gasteiger partial charge in [0.05, 0.1) is 5.75 Å². The molecule has 0 spiro atoms. The van der Waals surface area contributed by atoms with Crippen molar-refractivity contribution in [1.82, 2.24) is 9.97 Å². The minimum atomic E-state index is 0.413. The second-order valence-electron chi connectivity index (χ2n) is 5.01. The molecule has 2 N–H and O–H groups in total. The molecule has 0 saturated heterocycles. The van der Waals surface area contributed by atoms with Crippen LogP contribution in [0.15, 0.2) is 6.07 Å². The van der Waals surface area contributed by atoms with Crippen molar-refractivity contribution in [2.45, 2.75) is 56.5 Å². The summed E-state index contributed by atoms with van der Waals surface area (Å²) in [6.07, 6.45) is 5.47. The van der Waals surface area contributed by atoms with Crippen molar-refractivity contribution in [3.63, 3.8) is 0 Å². The number of aromatic nitrogens is 2. The summed E-state index contributed by atoms with van der Waals surface area (Å²) >= 11 is 1.99. The van der Waals surface area contributed by atoms with Crippen molar-refractivity contribution in [2.24, 2.45) is 0 Å². The van der Waals surface area contributed by atoms with Gasteiger partial charge in [-0.3, -0.25) is 0 Å². The Morgan fingerprint density at radius 2 is 2.06 bits per heavy atom. The lowest BCUT2D eigenvalue weighted by Gasteiger charge is -2.10. The Labute approximate surface area is 108 Å². The number of anilines is 1. The Hall–Kier alpha value is -0.770. The minimum Gasteiger partial charge on any atom is -0.384 e. The molecule has 0 aliphatic heterocycles. The number of hydrogen-bond donors (Lipinski definition) is 1. The third-order valence-electron chi connectivity index (χ3n) is 3.15. The van der Waals surface area contributed by atoms with E-state index < -0.39 is 0 Å². The van der Waals surface area contributed by atoms with Gasteiger partial charge in [0, 0.05) is 17.0 Å². The zero-order valence-electron chi connectivity index (χ0n) is 10.6. The van der Waals surface area contributed by atoms with Crippen molar-refractivity contribution in [3.8, 4) is 0 Å². The molecule has 1 fully saturated rings. The molecule has 1 saturated carbocycles. The van der Waals surface area contributed by atoms with Crippen LogP contribution in [-0.4, -0.2) is 15.2 Å². The van der Waals surface area contributed by atoms with Gasteiger partial charge in [0.25, 0.3) is 0 Å². The van der Waals surface area contributed by atoms with E-state index in [0.29, 0.717) is 11.7 Å². The van der Waals surface area contributed by atoms with Gasteiger partial charge in [0.15, 0.2) is 0 Å². The highest BCUT2D eigenvalue weighted by Gasteiger charge is 2.16. The molecule has 0 radical (unpaired) electrons. The van der Waals surface area contributed by atoms with Crippen molar-refractivity contribution in [2.75, 3.05) is 5.73 Å². The Morgan fingerprint density at radius 1 is 1.35 bits per heavy atom. The van der Waals surface area contributed by atoms with Crippen LogP contribution in [0, 0.1) is 0 Å². The van der Waals surface area contributed by atoms with Gasteiger partial charge in [-0.15, -0.1) is 0 Å². The summed E-state index contributed by atoms with van der Waals surface area (Å²) < 4.78 is 0. The van der Waals surface area contributed by atoms with Gasteiger partial charge in [0.1, 0.15) is 11.6 Å². The first-order valence-electron chi connectivity index (χ1n) is 6.40. The van der Waals surface area contributed by atoms with E-state index in [-0.39, 0.29) is 0 Å². The summed E-state index contributed by atoms with van der Waals surface area (Å²) in [7, 11) is 0. The van der Waals surface area contributed by atoms with Crippen LogP contribution in [0.4, 0.5) is 5.82 Å². The van der Waals surface area contributed by atoms with Gasteiger partial charge in [0.2, 0.25) is 0 Å². The maximum Gasteiger partial charge on any atom is 0.140 e. The number of hydrogen-bond acceptors (Lipinski definition) is 4. The van der Waals surface area contributed by atoms with E-state index in [9.17, 15) is 0 Å². The number of nitrogens with two attached hydrogens (primary N) is 1. The molecule has 0 unspecified atom stereocenters. The Balaban J connectivity index is 1.99. The highest BCUT2D eigenvalue weighted by molar-refractivity contribution is 7.99. The molecule has 1 heterocycles. The van der Waals surface area contributed by atoms with Gasteiger partial charge >= 0.3 is 0 Å². The fraction of sp³-hybridized carbons (Fsp3) is 0.692. The molecular formula is C13H21N3S. The highest BCUT2D eigenvalue weighted by Crippen LogP contribution is 2.31. The van der Waals surface area contributed by atoms with E-state index in [1.165, 1.54) is 25.7 Å². The number of thioether (sulfide) groups is 1. The first kappa shape index (κ1) is 12.7. The monoisotopic (exact) mass is 251 g/mol. The summed E-state index contributed by atoms with van der Waals surface area (Å²) in [6.45, 7) is 4.27. The third kappa shape index (κ3) is 3.60. The molecule has 0 amide bonds. The van der Waals surface area contributed by atoms with Crippen molar-refractivity contribution in [1.29, 1.82) is 0 Å². The molecule has 3 nitrogen and oxygen atoms in total. The molecule has 1 aliphatic carbocycles. The van der Waals surface area contributed by atoms with Crippen LogP contribution < -0.4 is 5.73 Å². The van der Waals surface area contributed by atoms with E-state index in [0.717, 1.165) is 22.5 Å². The van der Waals surface area contributed by atoms with E-state index in [2.05, 4.69) is 23.8 Å². The second kappa shape index (κ2) is 5.71. The molecule has 1 aromatic rings. The van der Waals surface area contributed by atoms with Crippen LogP contribution in [0.5, 0.6) is 0 Å².